The Morgan fingerprint density at radius 2 is 2.10 bits per heavy atom. The largest absolute Gasteiger partial charge is 0.394 e. The third-order valence-electron chi connectivity index (χ3n) is 2.97. The number of hydrogen-bond acceptors (Lipinski definition) is 5. The van der Waals surface area contributed by atoms with Gasteiger partial charge in [0.05, 0.1) is 17.7 Å². The Labute approximate surface area is 127 Å². The van der Waals surface area contributed by atoms with Crippen LogP contribution in [-0.4, -0.2) is 40.4 Å². The van der Waals surface area contributed by atoms with Crippen LogP contribution >= 0.6 is 11.3 Å². The maximum absolute atomic E-state index is 11.8. The van der Waals surface area contributed by atoms with Gasteiger partial charge in [-0.1, -0.05) is 29.8 Å². The lowest BCUT2D eigenvalue weighted by molar-refractivity contribution is 0.0799. The van der Waals surface area contributed by atoms with E-state index in [1.165, 1.54) is 16.9 Å². The van der Waals surface area contributed by atoms with Crippen LogP contribution in [0.3, 0.4) is 0 Å². The van der Waals surface area contributed by atoms with Gasteiger partial charge in [0.25, 0.3) is 5.91 Å². The number of aliphatic hydroxyl groups is 2. The number of rotatable bonds is 6. The van der Waals surface area contributed by atoms with Crippen molar-refractivity contribution in [2.45, 2.75) is 19.4 Å². The van der Waals surface area contributed by atoms with Crippen LogP contribution in [0.5, 0.6) is 0 Å². The molecule has 0 spiro atoms. The number of thiazole rings is 1. The molecule has 0 saturated carbocycles. The van der Waals surface area contributed by atoms with Crippen molar-refractivity contribution in [2.24, 2.45) is 0 Å². The quantitative estimate of drug-likeness (QED) is 0.747. The monoisotopic (exact) mass is 306 g/mol. The fraction of sp³-hybridized carbons (Fsp3) is 0.333. The first kappa shape index (κ1) is 15.6. The van der Waals surface area contributed by atoms with Crippen molar-refractivity contribution in [2.75, 3.05) is 13.2 Å². The van der Waals surface area contributed by atoms with Crippen LogP contribution in [-0.2, 0) is 6.42 Å². The van der Waals surface area contributed by atoms with E-state index in [1.807, 2.05) is 31.2 Å². The third kappa shape index (κ3) is 4.63. The first-order chi connectivity index (χ1) is 10.1. The molecule has 1 aromatic heterocycles. The van der Waals surface area contributed by atoms with Crippen molar-refractivity contribution in [1.29, 1.82) is 0 Å². The molecule has 6 heteroatoms. The topological polar surface area (TPSA) is 82.5 Å². The van der Waals surface area contributed by atoms with Gasteiger partial charge in [-0.15, -0.1) is 11.3 Å². The van der Waals surface area contributed by atoms with Gasteiger partial charge in [0, 0.05) is 18.3 Å². The lowest BCUT2D eigenvalue weighted by atomic mass is 10.1. The van der Waals surface area contributed by atoms with Crippen molar-refractivity contribution in [3.05, 3.63) is 51.5 Å². The molecular formula is C15H18N2O3S. The Bertz CT molecular complexity index is 595. The highest BCUT2D eigenvalue weighted by molar-refractivity contribution is 7.09. The van der Waals surface area contributed by atoms with E-state index in [0.717, 1.165) is 10.6 Å². The molecule has 0 saturated heterocycles. The molecule has 2 rings (SSSR count). The van der Waals surface area contributed by atoms with Crippen LogP contribution in [0.15, 0.2) is 29.6 Å². The summed E-state index contributed by atoms with van der Waals surface area (Å²) in [5.74, 6) is -0.339. The molecular weight excluding hydrogens is 288 g/mol. The van der Waals surface area contributed by atoms with E-state index in [0.29, 0.717) is 12.1 Å². The maximum atomic E-state index is 11.8. The van der Waals surface area contributed by atoms with Gasteiger partial charge in [0.1, 0.15) is 5.69 Å². The van der Waals surface area contributed by atoms with Crippen LogP contribution in [0.25, 0.3) is 0 Å². The van der Waals surface area contributed by atoms with Gasteiger partial charge in [-0.05, 0) is 12.5 Å². The van der Waals surface area contributed by atoms with E-state index >= 15 is 0 Å². The smallest absolute Gasteiger partial charge is 0.270 e. The highest BCUT2D eigenvalue weighted by Crippen LogP contribution is 2.15. The number of nitrogens with one attached hydrogen (secondary N) is 1. The minimum atomic E-state index is -0.945. The van der Waals surface area contributed by atoms with E-state index in [1.54, 1.807) is 5.38 Å². The summed E-state index contributed by atoms with van der Waals surface area (Å²) in [5.41, 5.74) is 2.70. The lowest BCUT2D eigenvalue weighted by Crippen LogP contribution is -2.34. The summed E-state index contributed by atoms with van der Waals surface area (Å²) in [5, 5.41) is 23.0. The molecule has 1 atom stereocenters. The summed E-state index contributed by atoms with van der Waals surface area (Å²) in [4.78, 5) is 16.1. The molecule has 0 aliphatic rings. The molecule has 1 heterocycles. The fourth-order valence-electron chi connectivity index (χ4n) is 1.74. The molecule has 5 nitrogen and oxygen atoms in total. The molecule has 112 valence electrons. The number of carbonyl (C=O) groups is 1. The number of amides is 1. The third-order valence-corrected chi connectivity index (χ3v) is 3.82. The molecule has 0 aliphatic heterocycles. The fourth-order valence-corrected chi connectivity index (χ4v) is 2.55. The van der Waals surface area contributed by atoms with Crippen LogP contribution in [0.1, 0.15) is 26.6 Å². The normalized spacial score (nSPS) is 12.1. The molecule has 1 aromatic carbocycles. The second-order valence-electron chi connectivity index (χ2n) is 4.84. The van der Waals surface area contributed by atoms with Gasteiger partial charge in [0.15, 0.2) is 0 Å². The zero-order valence-electron chi connectivity index (χ0n) is 11.7. The number of carbonyl (C=O) groups excluding carboxylic acids is 1. The first-order valence-corrected chi connectivity index (χ1v) is 7.53. The summed E-state index contributed by atoms with van der Waals surface area (Å²) in [6.45, 7) is 1.67. The lowest BCUT2D eigenvalue weighted by Gasteiger charge is -2.07. The number of aryl methyl sites for hydroxylation is 1. The molecule has 0 radical (unpaired) electrons. The van der Waals surface area contributed by atoms with Crippen LogP contribution < -0.4 is 5.32 Å². The predicted molar refractivity (Wildman–Crippen MR) is 81.5 cm³/mol. The van der Waals surface area contributed by atoms with E-state index < -0.39 is 6.10 Å². The predicted octanol–water partition coefficient (Wildman–Crippen LogP) is 1.13. The van der Waals surface area contributed by atoms with Gasteiger partial charge in [-0.2, -0.15) is 0 Å². The first-order valence-electron chi connectivity index (χ1n) is 6.65. The molecule has 2 aromatic rings. The van der Waals surface area contributed by atoms with Gasteiger partial charge < -0.3 is 15.5 Å². The Balaban J connectivity index is 1.94. The number of aromatic nitrogens is 1. The Kier molecular flexibility index (Phi) is 5.44. The van der Waals surface area contributed by atoms with E-state index in [4.69, 9.17) is 5.11 Å². The number of hydrogen-bond donors (Lipinski definition) is 3. The Morgan fingerprint density at radius 3 is 2.76 bits per heavy atom. The summed E-state index contributed by atoms with van der Waals surface area (Å²) in [6.07, 6.45) is -0.253. The van der Waals surface area contributed by atoms with Crippen LogP contribution in [0.4, 0.5) is 0 Å². The van der Waals surface area contributed by atoms with Gasteiger partial charge in [-0.25, -0.2) is 4.98 Å². The van der Waals surface area contributed by atoms with Crippen molar-refractivity contribution in [3.8, 4) is 0 Å². The van der Waals surface area contributed by atoms with Gasteiger partial charge in [0.2, 0.25) is 0 Å². The number of benzene rings is 1. The van der Waals surface area contributed by atoms with Gasteiger partial charge in [-0.3, -0.25) is 4.79 Å². The van der Waals surface area contributed by atoms with E-state index in [2.05, 4.69) is 10.3 Å². The summed E-state index contributed by atoms with van der Waals surface area (Å²) in [7, 11) is 0. The molecule has 0 aliphatic carbocycles. The highest BCUT2D eigenvalue weighted by atomic mass is 32.1. The zero-order valence-corrected chi connectivity index (χ0v) is 12.6. The molecule has 1 amide bonds. The summed E-state index contributed by atoms with van der Waals surface area (Å²) >= 11 is 1.43. The number of aliphatic hydroxyl groups excluding tert-OH is 2. The number of nitrogens with zero attached hydrogens (tertiary/aromatic N) is 1. The highest BCUT2D eigenvalue weighted by Gasteiger charge is 2.12. The molecule has 21 heavy (non-hydrogen) atoms. The van der Waals surface area contributed by atoms with Crippen molar-refractivity contribution in [1.82, 2.24) is 10.3 Å². The molecule has 3 N–H and O–H groups in total. The SMILES string of the molecule is Cc1ccc(Cc2nc(C(=O)NC[C@@H](O)CO)cs2)cc1. The van der Waals surface area contributed by atoms with Crippen molar-refractivity contribution >= 4 is 17.2 Å². The zero-order chi connectivity index (χ0) is 15.2. The molecule has 0 fully saturated rings. The average Bonchev–Trinajstić information content (AvgIpc) is 2.95. The Hall–Kier alpha value is -1.76. The summed E-state index contributed by atoms with van der Waals surface area (Å²) in [6, 6.07) is 8.20. The molecule has 0 bridgehead atoms. The van der Waals surface area contributed by atoms with Gasteiger partial charge >= 0.3 is 0 Å². The minimum absolute atomic E-state index is 0.0140. The average molecular weight is 306 g/mol. The van der Waals surface area contributed by atoms with Crippen LogP contribution in [0, 0.1) is 6.92 Å². The summed E-state index contributed by atoms with van der Waals surface area (Å²) < 4.78 is 0. The second kappa shape index (κ2) is 7.31. The minimum Gasteiger partial charge on any atom is -0.394 e. The second-order valence-corrected chi connectivity index (χ2v) is 5.78. The standard InChI is InChI=1S/C15H18N2O3S/c1-10-2-4-11(5-3-10)6-14-17-13(9-21-14)15(20)16-7-12(19)8-18/h2-5,9,12,18-19H,6-8H2,1H3,(H,16,20)/t12-/m1/s1. The van der Waals surface area contributed by atoms with E-state index in [9.17, 15) is 9.90 Å². The van der Waals surface area contributed by atoms with E-state index in [-0.39, 0.29) is 19.1 Å². The van der Waals surface area contributed by atoms with Crippen molar-refractivity contribution in [3.63, 3.8) is 0 Å². The van der Waals surface area contributed by atoms with Crippen LogP contribution in [0.2, 0.25) is 0 Å². The molecule has 0 unspecified atom stereocenters. The van der Waals surface area contributed by atoms with Crippen molar-refractivity contribution < 1.29 is 15.0 Å². The maximum Gasteiger partial charge on any atom is 0.270 e. The Morgan fingerprint density at radius 1 is 1.38 bits per heavy atom.